The Labute approximate surface area is 100 Å². The summed E-state index contributed by atoms with van der Waals surface area (Å²) >= 11 is 4.39. The maximum absolute atomic E-state index is 9.17. The highest BCUT2D eigenvalue weighted by Gasteiger charge is 2.07. The van der Waals surface area contributed by atoms with Crippen LogP contribution in [0.15, 0.2) is 29.2 Å². The van der Waals surface area contributed by atoms with E-state index in [9.17, 15) is 0 Å². The Morgan fingerprint density at radius 1 is 1.31 bits per heavy atom. The SMILES string of the molecule is CNc1ccc2c(C#N)c(C)c(S)cc2c1. The lowest BCUT2D eigenvalue weighted by molar-refractivity contribution is 1.30. The van der Waals surface area contributed by atoms with E-state index in [4.69, 9.17) is 5.26 Å². The van der Waals surface area contributed by atoms with Crippen LogP contribution in [0.5, 0.6) is 0 Å². The average molecular weight is 228 g/mol. The summed E-state index contributed by atoms with van der Waals surface area (Å²) in [5.41, 5.74) is 2.69. The molecule has 0 saturated heterocycles. The summed E-state index contributed by atoms with van der Waals surface area (Å²) in [5, 5.41) is 14.3. The number of hydrogen-bond acceptors (Lipinski definition) is 3. The van der Waals surface area contributed by atoms with E-state index in [0.717, 1.165) is 26.9 Å². The Bertz CT molecular complexity index is 597. The van der Waals surface area contributed by atoms with Crippen molar-refractivity contribution in [3.63, 3.8) is 0 Å². The van der Waals surface area contributed by atoms with Crippen LogP contribution in [0.2, 0.25) is 0 Å². The fourth-order valence-corrected chi connectivity index (χ4v) is 2.05. The minimum absolute atomic E-state index is 0.713. The molecule has 0 spiro atoms. The smallest absolute Gasteiger partial charge is 0.100 e. The fourth-order valence-electron chi connectivity index (χ4n) is 1.80. The van der Waals surface area contributed by atoms with E-state index in [2.05, 4.69) is 24.0 Å². The van der Waals surface area contributed by atoms with Gasteiger partial charge in [-0.3, -0.25) is 0 Å². The van der Waals surface area contributed by atoms with Crippen LogP contribution < -0.4 is 5.32 Å². The van der Waals surface area contributed by atoms with Crippen molar-refractivity contribution in [2.75, 3.05) is 12.4 Å². The summed E-state index contributed by atoms with van der Waals surface area (Å²) in [5.74, 6) is 0. The highest BCUT2D eigenvalue weighted by molar-refractivity contribution is 7.80. The molecule has 0 atom stereocenters. The van der Waals surface area contributed by atoms with Gasteiger partial charge in [-0.25, -0.2) is 0 Å². The molecule has 2 nitrogen and oxygen atoms in total. The van der Waals surface area contributed by atoms with Gasteiger partial charge in [0.05, 0.1) is 5.56 Å². The third kappa shape index (κ3) is 1.62. The van der Waals surface area contributed by atoms with Gasteiger partial charge in [0, 0.05) is 17.6 Å². The van der Waals surface area contributed by atoms with Crippen molar-refractivity contribution in [2.45, 2.75) is 11.8 Å². The van der Waals surface area contributed by atoms with Crippen molar-refractivity contribution in [3.8, 4) is 6.07 Å². The zero-order chi connectivity index (χ0) is 11.7. The molecule has 80 valence electrons. The minimum Gasteiger partial charge on any atom is -0.388 e. The zero-order valence-electron chi connectivity index (χ0n) is 9.20. The number of benzene rings is 2. The first-order valence-corrected chi connectivity index (χ1v) is 5.46. The number of hydrogen-bond donors (Lipinski definition) is 2. The standard InChI is InChI=1S/C13H12N2S/c1-8-12(7-14)11-4-3-10(15-2)5-9(11)6-13(8)16/h3-6,15-16H,1-2H3. The lowest BCUT2D eigenvalue weighted by Crippen LogP contribution is -1.91. The Morgan fingerprint density at radius 2 is 2.06 bits per heavy atom. The van der Waals surface area contributed by atoms with Gasteiger partial charge in [-0.2, -0.15) is 5.26 Å². The molecule has 0 aromatic heterocycles. The topological polar surface area (TPSA) is 35.8 Å². The van der Waals surface area contributed by atoms with Gasteiger partial charge in [0.2, 0.25) is 0 Å². The van der Waals surface area contributed by atoms with Gasteiger partial charge < -0.3 is 5.32 Å². The fraction of sp³-hybridized carbons (Fsp3) is 0.154. The maximum atomic E-state index is 9.17. The summed E-state index contributed by atoms with van der Waals surface area (Å²) in [6.07, 6.45) is 0. The number of thiol groups is 1. The zero-order valence-corrected chi connectivity index (χ0v) is 10.1. The molecule has 0 unspecified atom stereocenters. The predicted molar refractivity (Wildman–Crippen MR) is 70.2 cm³/mol. The van der Waals surface area contributed by atoms with Crippen LogP contribution in [0.3, 0.4) is 0 Å². The van der Waals surface area contributed by atoms with E-state index < -0.39 is 0 Å². The van der Waals surface area contributed by atoms with E-state index in [1.54, 1.807) is 0 Å². The lowest BCUT2D eigenvalue weighted by atomic mass is 10.00. The monoisotopic (exact) mass is 228 g/mol. The Hall–Kier alpha value is -1.66. The van der Waals surface area contributed by atoms with Crippen LogP contribution in [0.25, 0.3) is 10.8 Å². The van der Waals surface area contributed by atoms with Crippen molar-refractivity contribution >= 4 is 29.1 Å². The number of nitrogens with one attached hydrogen (secondary N) is 1. The molecule has 0 radical (unpaired) electrons. The van der Waals surface area contributed by atoms with Crippen LogP contribution in [0, 0.1) is 18.3 Å². The van der Waals surface area contributed by atoms with E-state index >= 15 is 0 Å². The first-order chi connectivity index (χ1) is 7.67. The maximum Gasteiger partial charge on any atom is 0.100 e. The molecular formula is C13H12N2S. The summed E-state index contributed by atoms with van der Waals surface area (Å²) in [7, 11) is 1.88. The Morgan fingerprint density at radius 3 is 2.69 bits per heavy atom. The van der Waals surface area contributed by atoms with Crippen molar-refractivity contribution in [3.05, 3.63) is 35.4 Å². The van der Waals surface area contributed by atoms with Gasteiger partial charge in [-0.05, 0) is 41.5 Å². The summed E-state index contributed by atoms with van der Waals surface area (Å²) < 4.78 is 0. The highest BCUT2D eigenvalue weighted by Crippen LogP contribution is 2.29. The van der Waals surface area contributed by atoms with E-state index in [-0.39, 0.29) is 0 Å². The number of rotatable bonds is 1. The molecular weight excluding hydrogens is 216 g/mol. The largest absolute Gasteiger partial charge is 0.388 e. The quantitative estimate of drug-likeness (QED) is 0.734. The van der Waals surface area contributed by atoms with E-state index in [1.807, 2.05) is 38.2 Å². The second-order valence-electron chi connectivity index (χ2n) is 3.69. The van der Waals surface area contributed by atoms with Crippen LogP contribution in [0.4, 0.5) is 5.69 Å². The van der Waals surface area contributed by atoms with Crippen molar-refractivity contribution in [2.24, 2.45) is 0 Å². The first-order valence-electron chi connectivity index (χ1n) is 5.01. The van der Waals surface area contributed by atoms with Crippen molar-refractivity contribution < 1.29 is 0 Å². The van der Waals surface area contributed by atoms with Crippen LogP contribution in [-0.2, 0) is 0 Å². The molecule has 16 heavy (non-hydrogen) atoms. The van der Waals surface area contributed by atoms with Crippen LogP contribution >= 0.6 is 12.6 Å². The third-order valence-corrected chi connectivity index (χ3v) is 3.24. The van der Waals surface area contributed by atoms with Crippen molar-refractivity contribution in [1.82, 2.24) is 0 Å². The average Bonchev–Trinajstić information content (AvgIpc) is 2.30. The van der Waals surface area contributed by atoms with E-state index in [1.165, 1.54) is 0 Å². The minimum atomic E-state index is 0.713. The van der Waals surface area contributed by atoms with Gasteiger partial charge >= 0.3 is 0 Å². The molecule has 0 aliphatic heterocycles. The van der Waals surface area contributed by atoms with Crippen LogP contribution in [0.1, 0.15) is 11.1 Å². The number of nitriles is 1. The second kappa shape index (κ2) is 4.07. The predicted octanol–water partition coefficient (Wildman–Crippen LogP) is 3.35. The molecule has 1 N–H and O–H groups in total. The van der Waals surface area contributed by atoms with Crippen molar-refractivity contribution in [1.29, 1.82) is 5.26 Å². The van der Waals surface area contributed by atoms with Gasteiger partial charge in [0.1, 0.15) is 6.07 Å². The molecule has 3 heteroatoms. The van der Waals surface area contributed by atoms with Gasteiger partial charge in [-0.1, -0.05) is 6.07 Å². The normalized spacial score (nSPS) is 10.1. The number of nitrogens with zero attached hydrogens (tertiary/aromatic N) is 1. The molecule has 0 aliphatic carbocycles. The molecule has 0 aliphatic rings. The third-order valence-electron chi connectivity index (χ3n) is 2.77. The lowest BCUT2D eigenvalue weighted by Gasteiger charge is -2.08. The molecule has 2 aromatic carbocycles. The molecule has 0 fully saturated rings. The molecule has 0 amide bonds. The number of anilines is 1. The van der Waals surface area contributed by atoms with Gasteiger partial charge in [-0.15, -0.1) is 12.6 Å². The second-order valence-corrected chi connectivity index (χ2v) is 4.18. The van der Waals surface area contributed by atoms with E-state index in [0.29, 0.717) is 5.56 Å². The highest BCUT2D eigenvalue weighted by atomic mass is 32.1. The molecule has 2 rings (SSSR count). The molecule has 0 saturated carbocycles. The van der Waals surface area contributed by atoms with Gasteiger partial charge in [0.15, 0.2) is 0 Å². The summed E-state index contributed by atoms with van der Waals surface area (Å²) in [4.78, 5) is 0.859. The molecule has 0 bridgehead atoms. The first kappa shape index (κ1) is 10.8. The molecule has 0 heterocycles. The molecule has 2 aromatic rings. The Balaban J connectivity index is 2.86. The number of fused-ring (bicyclic) bond motifs is 1. The summed E-state index contributed by atoms with van der Waals surface area (Å²) in [6.45, 7) is 1.92. The van der Waals surface area contributed by atoms with Gasteiger partial charge in [0.25, 0.3) is 0 Å². The summed E-state index contributed by atoms with van der Waals surface area (Å²) in [6, 6.07) is 10.2. The van der Waals surface area contributed by atoms with Crippen LogP contribution in [-0.4, -0.2) is 7.05 Å². The Kier molecular flexibility index (Phi) is 2.76.